The van der Waals surface area contributed by atoms with E-state index in [9.17, 15) is 18.8 Å². The van der Waals surface area contributed by atoms with Crippen molar-refractivity contribution in [2.45, 2.75) is 25.8 Å². The number of carbonyl (C=O) groups excluding carboxylic acids is 3. The van der Waals surface area contributed by atoms with Gasteiger partial charge in [0.25, 0.3) is 5.91 Å². The monoisotopic (exact) mass is 508 g/mol. The molecule has 2 aromatic carbocycles. The van der Waals surface area contributed by atoms with Gasteiger partial charge in [0.15, 0.2) is 0 Å². The minimum Gasteiger partial charge on any atom is -0.489 e. The van der Waals surface area contributed by atoms with Gasteiger partial charge in [-0.05, 0) is 55.6 Å². The minimum absolute atomic E-state index is 0.0883. The van der Waals surface area contributed by atoms with Crippen molar-refractivity contribution in [1.29, 1.82) is 0 Å². The molecule has 2 aromatic rings. The van der Waals surface area contributed by atoms with Crippen molar-refractivity contribution < 1.29 is 23.5 Å². The van der Waals surface area contributed by atoms with Gasteiger partial charge in [0.05, 0.1) is 17.5 Å². The molecule has 3 N–H and O–H groups in total. The first-order valence-corrected chi connectivity index (χ1v) is 12.6. The summed E-state index contributed by atoms with van der Waals surface area (Å²) in [5.74, 6) is -0.350. The summed E-state index contributed by atoms with van der Waals surface area (Å²) in [5.41, 5.74) is 0.453. The molecular weight excluding hydrogens is 475 g/mol. The molecule has 4 rings (SSSR count). The number of halogens is 1. The van der Waals surface area contributed by atoms with E-state index in [4.69, 9.17) is 4.74 Å². The lowest BCUT2D eigenvalue weighted by molar-refractivity contribution is -0.136. The Bertz CT molecular complexity index is 1150. The number of piperidine rings is 1. The SMILES string of the molecule is O=C(CN1CCCC2(C/C=C\COc3ccccc3C(=O)NCCNC2=O)C1)NCc1cccc(F)c1. The zero-order valence-electron chi connectivity index (χ0n) is 20.8. The van der Waals surface area contributed by atoms with Crippen molar-refractivity contribution in [2.75, 3.05) is 39.3 Å². The topological polar surface area (TPSA) is 99.8 Å². The first kappa shape index (κ1) is 26.3. The predicted octanol–water partition coefficient (Wildman–Crippen LogP) is 2.41. The number of likely N-dealkylation sites (tertiary alicyclic amines) is 1. The highest BCUT2D eigenvalue weighted by Gasteiger charge is 2.41. The molecule has 9 heteroatoms. The number of rotatable bonds is 4. The number of para-hydroxylation sites is 1. The largest absolute Gasteiger partial charge is 0.489 e. The third-order valence-electron chi connectivity index (χ3n) is 6.72. The molecule has 0 radical (unpaired) electrons. The van der Waals surface area contributed by atoms with Crippen LogP contribution in [0.2, 0.25) is 0 Å². The van der Waals surface area contributed by atoms with Crippen molar-refractivity contribution in [3.05, 3.63) is 77.6 Å². The Balaban J connectivity index is 1.40. The summed E-state index contributed by atoms with van der Waals surface area (Å²) in [6.45, 7) is 2.41. The van der Waals surface area contributed by atoms with E-state index in [0.29, 0.717) is 49.4 Å². The molecule has 1 unspecified atom stereocenters. The first-order chi connectivity index (χ1) is 17.9. The molecule has 37 heavy (non-hydrogen) atoms. The van der Waals surface area contributed by atoms with Gasteiger partial charge >= 0.3 is 0 Å². The number of nitrogens with zero attached hydrogens (tertiary/aromatic N) is 1. The Morgan fingerprint density at radius 3 is 2.78 bits per heavy atom. The Kier molecular flexibility index (Phi) is 8.90. The van der Waals surface area contributed by atoms with E-state index < -0.39 is 5.41 Å². The van der Waals surface area contributed by atoms with Crippen molar-refractivity contribution >= 4 is 17.7 Å². The first-order valence-electron chi connectivity index (χ1n) is 12.6. The summed E-state index contributed by atoms with van der Waals surface area (Å²) < 4.78 is 19.2. The van der Waals surface area contributed by atoms with Gasteiger partial charge in [-0.3, -0.25) is 19.3 Å². The highest BCUT2D eigenvalue weighted by molar-refractivity contribution is 5.97. The van der Waals surface area contributed by atoms with Crippen LogP contribution in [0, 0.1) is 11.2 Å². The second kappa shape index (κ2) is 12.5. The van der Waals surface area contributed by atoms with Gasteiger partial charge in [0.2, 0.25) is 11.8 Å². The average Bonchev–Trinajstić information content (AvgIpc) is 2.89. The van der Waals surface area contributed by atoms with Crippen LogP contribution in [0.15, 0.2) is 60.7 Å². The molecule has 2 heterocycles. The second-order valence-corrected chi connectivity index (χ2v) is 9.50. The van der Waals surface area contributed by atoms with Crippen LogP contribution in [0.25, 0.3) is 0 Å². The third kappa shape index (κ3) is 7.16. The molecule has 0 bridgehead atoms. The van der Waals surface area contributed by atoms with Gasteiger partial charge in [0.1, 0.15) is 18.2 Å². The summed E-state index contributed by atoms with van der Waals surface area (Å²) in [6.07, 6.45) is 5.79. The van der Waals surface area contributed by atoms with Crippen molar-refractivity contribution in [2.24, 2.45) is 5.41 Å². The maximum absolute atomic E-state index is 13.4. The third-order valence-corrected chi connectivity index (χ3v) is 6.72. The number of hydrogen-bond donors (Lipinski definition) is 3. The summed E-state index contributed by atoms with van der Waals surface area (Å²) >= 11 is 0. The Hall–Kier alpha value is -3.72. The van der Waals surface area contributed by atoms with Gasteiger partial charge in [-0.2, -0.15) is 0 Å². The predicted molar refractivity (Wildman–Crippen MR) is 137 cm³/mol. The van der Waals surface area contributed by atoms with Crippen LogP contribution in [-0.2, 0) is 16.1 Å². The molecule has 1 spiro atoms. The van der Waals surface area contributed by atoms with Crippen LogP contribution in [0.4, 0.5) is 4.39 Å². The summed E-state index contributed by atoms with van der Waals surface area (Å²) in [6, 6.07) is 13.2. The van der Waals surface area contributed by atoms with Crippen LogP contribution < -0.4 is 20.7 Å². The zero-order chi connectivity index (χ0) is 26.1. The maximum Gasteiger partial charge on any atom is 0.255 e. The van der Waals surface area contributed by atoms with Gasteiger partial charge in [-0.15, -0.1) is 0 Å². The fourth-order valence-corrected chi connectivity index (χ4v) is 4.84. The van der Waals surface area contributed by atoms with Crippen molar-refractivity contribution in [3.8, 4) is 5.75 Å². The van der Waals surface area contributed by atoms with E-state index in [1.165, 1.54) is 12.1 Å². The molecule has 1 fully saturated rings. The number of allylic oxidation sites excluding steroid dienone is 1. The lowest BCUT2D eigenvalue weighted by Gasteiger charge is -2.41. The lowest BCUT2D eigenvalue weighted by atomic mass is 9.76. The molecule has 1 saturated heterocycles. The van der Waals surface area contributed by atoms with Crippen LogP contribution in [0.5, 0.6) is 5.75 Å². The summed E-state index contributed by atoms with van der Waals surface area (Å²) in [7, 11) is 0. The average molecular weight is 509 g/mol. The molecule has 8 nitrogen and oxygen atoms in total. The van der Waals surface area contributed by atoms with E-state index in [0.717, 1.165) is 6.42 Å². The smallest absolute Gasteiger partial charge is 0.255 e. The fraction of sp³-hybridized carbons (Fsp3) is 0.393. The molecular formula is C28H33FN4O4. The maximum atomic E-state index is 13.4. The normalized spacial score (nSPS) is 22.1. The number of benzene rings is 2. The second-order valence-electron chi connectivity index (χ2n) is 9.50. The van der Waals surface area contributed by atoms with Gasteiger partial charge in [-0.25, -0.2) is 4.39 Å². The van der Waals surface area contributed by atoms with Gasteiger partial charge < -0.3 is 20.7 Å². The van der Waals surface area contributed by atoms with Crippen molar-refractivity contribution in [1.82, 2.24) is 20.9 Å². The van der Waals surface area contributed by atoms with E-state index >= 15 is 0 Å². The number of carbonyl (C=O) groups is 3. The van der Waals surface area contributed by atoms with Crippen LogP contribution in [-0.4, -0.2) is 62.0 Å². The molecule has 0 aromatic heterocycles. The number of nitrogens with one attached hydrogen (secondary N) is 3. The highest BCUT2D eigenvalue weighted by atomic mass is 19.1. The molecule has 0 aliphatic carbocycles. The van der Waals surface area contributed by atoms with Gasteiger partial charge in [-0.1, -0.05) is 36.4 Å². The van der Waals surface area contributed by atoms with Gasteiger partial charge in [0, 0.05) is 26.2 Å². The van der Waals surface area contributed by atoms with E-state index in [1.807, 2.05) is 23.1 Å². The van der Waals surface area contributed by atoms with E-state index in [-0.39, 0.29) is 49.8 Å². The van der Waals surface area contributed by atoms with Crippen LogP contribution in [0.3, 0.4) is 0 Å². The minimum atomic E-state index is -0.691. The lowest BCUT2D eigenvalue weighted by Crippen LogP contribution is -2.54. The highest BCUT2D eigenvalue weighted by Crippen LogP contribution is 2.34. The molecule has 196 valence electrons. The molecule has 2 aliphatic heterocycles. The number of hydrogen-bond acceptors (Lipinski definition) is 5. The zero-order valence-corrected chi connectivity index (χ0v) is 20.8. The Labute approximate surface area is 216 Å². The standard InChI is InChI=1S/C28H33FN4O4/c29-22-8-5-7-21(17-22)18-32-25(34)19-33-15-6-12-28(20-33)11-3-4-16-37-24-10-2-1-9-23(24)26(35)30-13-14-31-27(28)36/h1-5,7-10,17H,6,11-16,18-20H2,(H,30,35)(H,31,36)(H,32,34)/b4-3-. The number of ether oxygens (including phenoxy) is 1. The Morgan fingerprint density at radius 2 is 1.92 bits per heavy atom. The fourth-order valence-electron chi connectivity index (χ4n) is 4.84. The molecule has 2 aliphatic rings. The number of amides is 3. The van der Waals surface area contributed by atoms with Crippen LogP contribution in [0.1, 0.15) is 35.2 Å². The number of fused-ring (bicyclic) bond motifs is 1. The van der Waals surface area contributed by atoms with E-state index in [2.05, 4.69) is 16.0 Å². The molecule has 3 amide bonds. The summed E-state index contributed by atoms with van der Waals surface area (Å²) in [4.78, 5) is 40.5. The van der Waals surface area contributed by atoms with E-state index in [1.54, 1.807) is 30.3 Å². The quantitative estimate of drug-likeness (QED) is 0.551. The van der Waals surface area contributed by atoms with Crippen molar-refractivity contribution in [3.63, 3.8) is 0 Å². The molecule has 0 saturated carbocycles. The van der Waals surface area contributed by atoms with Crippen LogP contribution >= 0.6 is 0 Å². The molecule has 1 atom stereocenters. The Morgan fingerprint density at radius 1 is 1.08 bits per heavy atom. The summed E-state index contributed by atoms with van der Waals surface area (Å²) in [5, 5.41) is 8.66.